The van der Waals surface area contributed by atoms with Crippen LogP contribution in [0.2, 0.25) is 0 Å². The molecule has 1 aromatic carbocycles. The van der Waals surface area contributed by atoms with Gasteiger partial charge in [-0.25, -0.2) is 4.39 Å². The van der Waals surface area contributed by atoms with Crippen LogP contribution in [0.1, 0.15) is 10.4 Å². The van der Waals surface area contributed by atoms with Crippen molar-refractivity contribution < 1.29 is 9.18 Å². The maximum atomic E-state index is 13.4. The van der Waals surface area contributed by atoms with Gasteiger partial charge in [0, 0.05) is 7.05 Å². The number of nitrogens with zero attached hydrogens (tertiary/aromatic N) is 2. The van der Waals surface area contributed by atoms with E-state index in [-0.39, 0.29) is 5.56 Å². The van der Waals surface area contributed by atoms with Crippen LogP contribution in [0.4, 0.5) is 4.39 Å². The zero-order valence-corrected chi connectivity index (χ0v) is 6.99. The van der Waals surface area contributed by atoms with Crippen LogP contribution in [0.15, 0.2) is 18.3 Å². The van der Waals surface area contributed by atoms with Crippen molar-refractivity contribution in [3.05, 3.63) is 29.7 Å². The van der Waals surface area contributed by atoms with Gasteiger partial charge in [-0.1, -0.05) is 0 Å². The van der Waals surface area contributed by atoms with Crippen LogP contribution in [0.3, 0.4) is 0 Å². The minimum absolute atomic E-state index is 0.0699. The average Bonchev–Trinajstić information content (AvgIpc) is 2.50. The Balaban J connectivity index is 2.87. The van der Waals surface area contributed by atoms with Crippen LogP contribution in [-0.2, 0) is 7.05 Å². The number of aldehydes is 1. The molecule has 3 nitrogen and oxygen atoms in total. The maximum Gasteiger partial charge on any atom is 0.153 e. The predicted octanol–water partition coefficient (Wildman–Crippen LogP) is 1.52. The molecule has 0 bridgehead atoms. The highest BCUT2D eigenvalue weighted by atomic mass is 19.1. The highest BCUT2D eigenvalue weighted by molar-refractivity contribution is 5.87. The van der Waals surface area contributed by atoms with E-state index in [9.17, 15) is 9.18 Å². The summed E-state index contributed by atoms with van der Waals surface area (Å²) in [5, 5.41) is 4.27. The highest BCUT2D eigenvalue weighted by Gasteiger charge is 2.08. The molecule has 2 rings (SSSR count). The van der Waals surface area contributed by atoms with Crippen LogP contribution in [0.25, 0.3) is 10.9 Å². The fraction of sp³-hybridized carbons (Fsp3) is 0.111. The summed E-state index contributed by atoms with van der Waals surface area (Å²) in [6.07, 6.45) is 1.92. The van der Waals surface area contributed by atoms with Gasteiger partial charge >= 0.3 is 0 Å². The first-order chi connectivity index (χ1) is 6.24. The molecule has 0 spiro atoms. The van der Waals surface area contributed by atoms with Gasteiger partial charge in [0.1, 0.15) is 5.82 Å². The third kappa shape index (κ3) is 1.02. The fourth-order valence-corrected chi connectivity index (χ4v) is 1.30. The second kappa shape index (κ2) is 2.65. The number of rotatable bonds is 1. The summed E-state index contributed by atoms with van der Waals surface area (Å²) in [7, 11) is 1.72. The van der Waals surface area contributed by atoms with E-state index in [2.05, 4.69) is 5.10 Å². The minimum Gasteiger partial charge on any atom is -0.298 e. The van der Waals surface area contributed by atoms with Gasteiger partial charge in [0.15, 0.2) is 6.29 Å². The molecule has 0 amide bonds. The first-order valence-corrected chi connectivity index (χ1v) is 3.79. The smallest absolute Gasteiger partial charge is 0.153 e. The van der Waals surface area contributed by atoms with E-state index < -0.39 is 5.82 Å². The van der Waals surface area contributed by atoms with Crippen LogP contribution in [0, 0.1) is 5.82 Å². The second-order valence-corrected chi connectivity index (χ2v) is 2.79. The minimum atomic E-state index is -0.499. The monoisotopic (exact) mass is 178 g/mol. The Morgan fingerprint density at radius 2 is 2.31 bits per heavy atom. The summed E-state index contributed by atoms with van der Waals surface area (Å²) >= 11 is 0. The van der Waals surface area contributed by atoms with Crippen LogP contribution < -0.4 is 0 Å². The molecule has 4 heteroatoms. The van der Waals surface area contributed by atoms with Gasteiger partial charge in [-0.3, -0.25) is 9.48 Å². The van der Waals surface area contributed by atoms with E-state index in [1.54, 1.807) is 17.8 Å². The Morgan fingerprint density at radius 1 is 1.54 bits per heavy atom. The quantitative estimate of drug-likeness (QED) is 0.620. The molecule has 2 aromatic rings. The number of aryl methyl sites for hydroxylation is 1. The first kappa shape index (κ1) is 7.91. The van der Waals surface area contributed by atoms with Gasteiger partial charge < -0.3 is 0 Å². The number of hydrogen-bond donors (Lipinski definition) is 0. The Hall–Kier alpha value is -1.71. The van der Waals surface area contributed by atoms with Crippen molar-refractivity contribution in [1.29, 1.82) is 0 Å². The van der Waals surface area contributed by atoms with Crippen molar-refractivity contribution >= 4 is 17.2 Å². The molecule has 1 heterocycles. The van der Waals surface area contributed by atoms with E-state index in [4.69, 9.17) is 0 Å². The van der Waals surface area contributed by atoms with Crippen LogP contribution >= 0.6 is 0 Å². The van der Waals surface area contributed by atoms with E-state index in [0.29, 0.717) is 17.2 Å². The fourth-order valence-electron chi connectivity index (χ4n) is 1.30. The zero-order valence-electron chi connectivity index (χ0n) is 6.99. The van der Waals surface area contributed by atoms with E-state index >= 15 is 0 Å². The Labute approximate surface area is 73.8 Å². The molecule has 0 aliphatic heterocycles. The molecule has 0 saturated carbocycles. The van der Waals surface area contributed by atoms with Crippen molar-refractivity contribution in [2.45, 2.75) is 0 Å². The number of carbonyl (C=O) groups excluding carboxylic acids is 1. The standard InChI is InChI=1S/C9H7FN2O/c1-12-8-3-2-6(5-13)9(10)7(8)4-11-12/h2-5H,1H3. The maximum absolute atomic E-state index is 13.4. The summed E-state index contributed by atoms with van der Waals surface area (Å²) in [5.74, 6) is -0.499. The average molecular weight is 178 g/mol. The summed E-state index contributed by atoms with van der Waals surface area (Å²) in [6.45, 7) is 0. The number of fused-ring (bicyclic) bond motifs is 1. The molecule has 66 valence electrons. The third-order valence-corrected chi connectivity index (χ3v) is 2.02. The predicted molar refractivity (Wildman–Crippen MR) is 46.1 cm³/mol. The molecular weight excluding hydrogens is 171 g/mol. The SMILES string of the molecule is Cn1ncc2c(F)c(C=O)ccc21. The normalized spacial score (nSPS) is 10.6. The van der Waals surface area contributed by atoms with Gasteiger partial charge in [0.2, 0.25) is 0 Å². The molecule has 13 heavy (non-hydrogen) atoms. The first-order valence-electron chi connectivity index (χ1n) is 3.79. The summed E-state index contributed by atoms with van der Waals surface area (Å²) in [6, 6.07) is 3.13. The Morgan fingerprint density at radius 3 is 3.00 bits per heavy atom. The van der Waals surface area contributed by atoms with Crippen LogP contribution in [0.5, 0.6) is 0 Å². The summed E-state index contributed by atoms with van der Waals surface area (Å²) in [4.78, 5) is 10.4. The largest absolute Gasteiger partial charge is 0.298 e. The molecule has 0 aliphatic carbocycles. The van der Waals surface area contributed by atoms with Crippen molar-refractivity contribution in [3.63, 3.8) is 0 Å². The van der Waals surface area contributed by atoms with Gasteiger partial charge in [-0.15, -0.1) is 0 Å². The van der Waals surface area contributed by atoms with Crippen molar-refractivity contribution in [2.75, 3.05) is 0 Å². The highest BCUT2D eigenvalue weighted by Crippen LogP contribution is 2.18. The molecule has 0 aliphatic rings. The van der Waals surface area contributed by atoms with Gasteiger partial charge in [0.05, 0.1) is 22.7 Å². The summed E-state index contributed by atoms with van der Waals surface area (Å²) < 4.78 is 15.0. The molecule has 0 N–H and O–H groups in total. The molecule has 0 unspecified atom stereocenters. The lowest BCUT2D eigenvalue weighted by Gasteiger charge is -1.96. The molecule has 1 aromatic heterocycles. The molecule has 0 fully saturated rings. The van der Waals surface area contributed by atoms with E-state index in [1.165, 1.54) is 12.3 Å². The van der Waals surface area contributed by atoms with E-state index in [0.717, 1.165) is 0 Å². The topological polar surface area (TPSA) is 34.9 Å². The number of aromatic nitrogens is 2. The zero-order chi connectivity index (χ0) is 9.42. The van der Waals surface area contributed by atoms with Gasteiger partial charge in [-0.05, 0) is 12.1 Å². The van der Waals surface area contributed by atoms with Gasteiger partial charge in [0.25, 0.3) is 0 Å². The van der Waals surface area contributed by atoms with Crippen molar-refractivity contribution in [2.24, 2.45) is 7.05 Å². The number of hydrogen-bond acceptors (Lipinski definition) is 2. The van der Waals surface area contributed by atoms with Crippen molar-refractivity contribution in [3.8, 4) is 0 Å². The lowest BCUT2D eigenvalue weighted by Crippen LogP contribution is -1.91. The third-order valence-electron chi connectivity index (χ3n) is 2.02. The van der Waals surface area contributed by atoms with Crippen molar-refractivity contribution in [1.82, 2.24) is 9.78 Å². The Bertz CT molecular complexity index is 476. The molecular formula is C9H7FN2O. The molecule has 0 saturated heterocycles. The molecule has 0 atom stereocenters. The lowest BCUT2D eigenvalue weighted by atomic mass is 10.1. The Kier molecular flexibility index (Phi) is 1.62. The summed E-state index contributed by atoms with van der Waals surface area (Å²) in [5.41, 5.74) is 0.753. The lowest BCUT2D eigenvalue weighted by molar-refractivity contribution is 0.112. The van der Waals surface area contributed by atoms with E-state index in [1.807, 2.05) is 0 Å². The number of benzene rings is 1. The molecule has 0 radical (unpaired) electrons. The number of carbonyl (C=O) groups is 1. The second-order valence-electron chi connectivity index (χ2n) is 2.79. The van der Waals surface area contributed by atoms with Gasteiger partial charge in [-0.2, -0.15) is 5.10 Å². The number of halogens is 1. The van der Waals surface area contributed by atoms with Crippen LogP contribution in [-0.4, -0.2) is 16.1 Å².